The van der Waals surface area contributed by atoms with Crippen LogP contribution in [0.2, 0.25) is 0 Å². The number of piperidine rings is 1. The molecule has 182 valence electrons. The molecular formula is C25H32N4O4S. The van der Waals surface area contributed by atoms with Crippen LogP contribution in [-0.4, -0.2) is 60.2 Å². The average Bonchev–Trinajstić information content (AvgIpc) is 3.14. The van der Waals surface area contributed by atoms with Gasteiger partial charge >= 0.3 is 6.09 Å². The van der Waals surface area contributed by atoms with E-state index in [0.717, 1.165) is 33.8 Å². The van der Waals surface area contributed by atoms with Crippen LogP contribution >= 0.6 is 0 Å². The van der Waals surface area contributed by atoms with Gasteiger partial charge < -0.3 is 9.64 Å². The first-order valence-electron chi connectivity index (χ1n) is 11.6. The number of likely N-dealkylation sites (tertiary alicyclic amines) is 1. The van der Waals surface area contributed by atoms with Gasteiger partial charge in [-0.1, -0.05) is 30.3 Å². The Hall–Kier alpha value is -2.91. The molecule has 0 radical (unpaired) electrons. The Morgan fingerprint density at radius 1 is 1.21 bits per heavy atom. The molecule has 3 aromatic rings. The molecule has 2 aromatic carbocycles. The van der Waals surface area contributed by atoms with Crippen molar-refractivity contribution in [3.8, 4) is 11.1 Å². The zero-order chi connectivity index (χ0) is 24.5. The van der Waals surface area contributed by atoms with E-state index in [1.165, 1.54) is 0 Å². The third-order valence-corrected chi connectivity index (χ3v) is 6.90. The van der Waals surface area contributed by atoms with E-state index in [0.29, 0.717) is 25.8 Å². The number of rotatable bonds is 6. The molecule has 1 fully saturated rings. The summed E-state index contributed by atoms with van der Waals surface area (Å²) in [6.07, 6.45) is 4.25. The zero-order valence-electron chi connectivity index (χ0n) is 20.1. The van der Waals surface area contributed by atoms with Crippen molar-refractivity contribution in [1.82, 2.24) is 19.4 Å². The molecule has 0 spiro atoms. The summed E-state index contributed by atoms with van der Waals surface area (Å²) >= 11 is 0. The van der Waals surface area contributed by atoms with Crippen LogP contribution < -0.4 is 4.72 Å². The summed E-state index contributed by atoms with van der Waals surface area (Å²) in [5, 5.41) is 5.39. The molecule has 9 heteroatoms. The molecule has 2 unspecified atom stereocenters. The minimum atomic E-state index is -3.43. The molecule has 1 aliphatic rings. The fourth-order valence-electron chi connectivity index (χ4n) is 4.68. The van der Waals surface area contributed by atoms with Crippen LogP contribution in [0, 0.1) is 0 Å². The van der Waals surface area contributed by atoms with Crippen LogP contribution in [0.5, 0.6) is 0 Å². The highest BCUT2D eigenvalue weighted by Gasteiger charge is 2.37. The van der Waals surface area contributed by atoms with Gasteiger partial charge in [0.1, 0.15) is 0 Å². The number of nitrogens with zero attached hydrogens (tertiary/aromatic N) is 3. The number of benzene rings is 2. The van der Waals surface area contributed by atoms with Gasteiger partial charge in [-0.2, -0.15) is 5.10 Å². The number of hydrogen-bond donors (Lipinski definition) is 1. The van der Waals surface area contributed by atoms with E-state index < -0.39 is 16.1 Å². The molecule has 34 heavy (non-hydrogen) atoms. The fraction of sp³-hybridized carbons (Fsp3) is 0.440. The van der Waals surface area contributed by atoms with E-state index in [2.05, 4.69) is 40.2 Å². The predicted octanol–water partition coefficient (Wildman–Crippen LogP) is 3.71. The Morgan fingerprint density at radius 2 is 1.97 bits per heavy atom. The van der Waals surface area contributed by atoms with Crippen LogP contribution in [0.15, 0.2) is 48.7 Å². The minimum absolute atomic E-state index is 0.248. The maximum Gasteiger partial charge on any atom is 0.410 e. The highest BCUT2D eigenvalue weighted by molar-refractivity contribution is 7.88. The van der Waals surface area contributed by atoms with Crippen LogP contribution in [0.25, 0.3) is 22.0 Å². The number of nitrogens with one attached hydrogen (secondary N) is 1. The van der Waals surface area contributed by atoms with E-state index in [-0.39, 0.29) is 18.2 Å². The zero-order valence-corrected chi connectivity index (χ0v) is 20.9. The maximum atomic E-state index is 12.9. The first kappa shape index (κ1) is 24.2. The molecule has 0 bridgehead atoms. The molecule has 8 nitrogen and oxygen atoms in total. The van der Waals surface area contributed by atoms with Gasteiger partial charge in [-0.15, -0.1) is 0 Å². The van der Waals surface area contributed by atoms with E-state index in [1.807, 2.05) is 43.9 Å². The lowest BCUT2D eigenvalue weighted by Crippen LogP contribution is -2.58. The Labute approximate surface area is 200 Å². The van der Waals surface area contributed by atoms with Crippen molar-refractivity contribution >= 4 is 27.0 Å². The standard InChI is InChI=1S/C25H32N4O4S/c1-17(2)33-25(30)29-12-6-9-22(27-34(4,31)32)24(29)14-18-7-5-8-19(13-18)20-10-11-23-21(15-20)16-26-28(23)3/h5,7-8,10-11,13,15-17,22,24,27H,6,9,12,14H2,1-4H3. The van der Waals surface area contributed by atoms with Crippen molar-refractivity contribution in [3.05, 3.63) is 54.2 Å². The second kappa shape index (κ2) is 9.76. The summed E-state index contributed by atoms with van der Waals surface area (Å²) < 4.78 is 34.2. The molecule has 2 heterocycles. The van der Waals surface area contributed by atoms with Crippen LogP contribution in [-0.2, 0) is 28.2 Å². The Balaban J connectivity index is 1.64. The number of aryl methyl sites for hydroxylation is 1. The predicted molar refractivity (Wildman–Crippen MR) is 133 cm³/mol. The van der Waals surface area contributed by atoms with Gasteiger partial charge in [0, 0.05) is 25.0 Å². The minimum Gasteiger partial charge on any atom is -0.447 e. The third-order valence-electron chi connectivity index (χ3n) is 6.17. The lowest BCUT2D eigenvalue weighted by atomic mass is 9.90. The SMILES string of the molecule is CC(C)OC(=O)N1CCCC(NS(C)(=O)=O)C1Cc1cccc(-c2ccc3c(cnn3C)c2)c1. The van der Waals surface area contributed by atoms with Crippen LogP contribution in [0.3, 0.4) is 0 Å². The lowest BCUT2D eigenvalue weighted by Gasteiger charge is -2.41. The molecule has 1 amide bonds. The molecule has 4 rings (SSSR count). The number of amides is 1. The molecule has 0 saturated carbocycles. The van der Waals surface area contributed by atoms with Gasteiger partial charge in [0.2, 0.25) is 10.0 Å². The van der Waals surface area contributed by atoms with Gasteiger partial charge in [0.15, 0.2) is 0 Å². The van der Waals surface area contributed by atoms with E-state index in [4.69, 9.17) is 4.74 Å². The summed E-state index contributed by atoms with van der Waals surface area (Å²) in [6, 6.07) is 13.7. The number of ether oxygens (including phenoxy) is 1. The largest absolute Gasteiger partial charge is 0.447 e. The van der Waals surface area contributed by atoms with Crippen molar-refractivity contribution in [1.29, 1.82) is 0 Å². The Kier molecular flexibility index (Phi) is 6.95. The maximum absolute atomic E-state index is 12.9. The van der Waals surface area contributed by atoms with Gasteiger partial charge in [-0.05, 0) is 61.9 Å². The number of hydrogen-bond acceptors (Lipinski definition) is 5. The van der Waals surface area contributed by atoms with Gasteiger partial charge in [-0.25, -0.2) is 17.9 Å². The van der Waals surface area contributed by atoms with E-state index in [1.54, 1.807) is 4.90 Å². The summed E-state index contributed by atoms with van der Waals surface area (Å²) in [4.78, 5) is 14.5. The Bertz CT molecular complexity index is 1290. The van der Waals surface area contributed by atoms with Gasteiger partial charge in [0.25, 0.3) is 0 Å². The number of carbonyl (C=O) groups is 1. The first-order valence-corrected chi connectivity index (χ1v) is 13.5. The summed E-state index contributed by atoms with van der Waals surface area (Å²) in [6.45, 7) is 4.16. The van der Waals surface area contributed by atoms with Crippen molar-refractivity contribution in [3.63, 3.8) is 0 Å². The molecule has 1 aromatic heterocycles. The third kappa shape index (κ3) is 5.59. The average molecular weight is 485 g/mol. The monoisotopic (exact) mass is 484 g/mol. The molecule has 2 atom stereocenters. The normalized spacial score (nSPS) is 19.0. The molecular weight excluding hydrogens is 452 g/mol. The van der Waals surface area contributed by atoms with Crippen LogP contribution in [0.1, 0.15) is 32.3 Å². The molecule has 1 N–H and O–H groups in total. The van der Waals surface area contributed by atoms with Crippen LogP contribution in [0.4, 0.5) is 4.79 Å². The number of fused-ring (bicyclic) bond motifs is 1. The second-order valence-corrected chi connectivity index (χ2v) is 11.1. The number of carbonyl (C=O) groups excluding carboxylic acids is 1. The summed E-state index contributed by atoms with van der Waals surface area (Å²) in [7, 11) is -1.51. The van der Waals surface area contributed by atoms with Gasteiger partial charge in [-0.3, -0.25) is 4.68 Å². The van der Waals surface area contributed by atoms with Crippen molar-refractivity contribution in [2.45, 2.75) is 51.3 Å². The fourth-order valence-corrected chi connectivity index (χ4v) is 5.51. The Morgan fingerprint density at radius 3 is 2.71 bits per heavy atom. The van der Waals surface area contributed by atoms with Gasteiger partial charge in [0.05, 0.1) is 30.1 Å². The summed E-state index contributed by atoms with van der Waals surface area (Å²) in [5.41, 5.74) is 4.23. The van der Waals surface area contributed by atoms with Crippen molar-refractivity contribution in [2.24, 2.45) is 7.05 Å². The second-order valence-electron chi connectivity index (χ2n) is 9.28. The highest BCUT2D eigenvalue weighted by atomic mass is 32.2. The highest BCUT2D eigenvalue weighted by Crippen LogP contribution is 2.28. The smallest absolute Gasteiger partial charge is 0.410 e. The lowest BCUT2D eigenvalue weighted by molar-refractivity contribution is 0.0461. The quantitative estimate of drug-likeness (QED) is 0.576. The van der Waals surface area contributed by atoms with E-state index in [9.17, 15) is 13.2 Å². The molecule has 1 aliphatic heterocycles. The summed E-state index contributed by atoms with van der Waals surface area (Å²) in [5.74, 6) is 0. The number of sulfonamides is 1. The molecule has 0 aliphatic carbocycles. The topological polar surface area (TPSA) is 93.5 Å². The van der Waals surface area contributed by atoms with Crippen molar-refractivity contribution in [2.75, 3.05) is 12.8 Å². The first-order chi connectivity index (χ1) is 16.1. The van der Waals surface area contributed by atoms with E-state index >= 15 is 0 Å². The molecule has 1 saturated heterocycles. The van der Waals surface area contributed by atoms with Crippen molar-refractivity contribution < 1.29 is 17.9 Å². The number of aromatic nitrogens is 2.